The lowest BCUT2D eigenvalue weighted by Crippen LogP contribution is -2.34. The first-order chi connectivity index (χ1) is 12.1. The van der Waals surface area contributed by atoms with E-state index in [1.165, 1.54) is 19.0 Å². The Morgan fingerprint density at radius 2 is 1.96 bits per heavy atom. The minimum atomic E-state index is -0.467. The molecule has 0 aliphatic rings. The van der Waals surface area contributed by atoms with E-state index in [1.807, 2.05) is 0 Å². The van der Waals surface area contributed by atoms with E-state index in [0.29, 0.717) is 18.0 Å². The Balaban J connectivity index is 2.03. The molecule has 2 rings (SSSR count). The van der Waals surface area contributed by atoms with Gasteiger partial charge < -0.3 is 9.47 Å². The number of nitrogens with zero attached hydrogens (tertiary/aromatic N) is 4. The van der Waals surface area contributed by atoms with E-state index in [4.69, 9.17) is 21.7 Å². The van der Waals surface area contributed by atoms with E-state index in [2.05, 4.69) is 33.0 Å². The summed E-state index contributed by atoms with van der Waals surface area (Å²) >= 11 is 5.13. The summed E-state index contributed by atoms with van der Waals surface area (Å²) in [5.41, 5.74) is 0.246. The molecule has 134 valence electrons. The van der Waals surface area contributed by atoms with Crippen molar-refractivity contribution in [3.05, 3.63) is 23.8 Å². The molecule has 0 saturated heterocycles. The summed E-state index contributed by atoms with van der Waals surface area (Å²) in [6.07, 6.45) is 1.98. The molecule has 0 spiro atoms. The second-order valence-electron chi connectivity index (χ2n) is 5.01. The molecule has 1 heterocycles. The first-order valence-electron chi connectivity index (χ1n) is 7.70. The van der Waals surface area contributed by atoms with Gasteiger partial charge in [-0.1, -0.05) is 24.5 Å². The lowest BCUT2D eigenvalue weighted by Gasteiger charge is -2.13. The van der Waals surface area contributed by atoms with Crippen molar-refractivity contribution in [2.24, 2.45) is 0 Å². The highest BCUT2D eigenvalue weighted by atomic mass is 32.1. The van der Waals surface area contributed by atoms with Gasteiger partial charge in [-0.15, -0.1) is 5.10 Å². The van der Waals surface area contributed by atoms with Crippen LogP contribution in [-0.4, -0.2) is 45.4 Å². The molecule has 0 radical (unpaired) electrons. The number of benzene rings is 1. The average Bonchev–Trinajstić information content (AvgIpc) is 3.05. The fourth-order valence-corrected chi connectivity index (χ4v) is 2.24. The number of ether oxygens (including phenoxy) is 2. The molecule has 0 unspecified atom stereocenters. The molecular weight excluding hydrogens is 344 g/mol. The number of unbranched alkanes of at least 4 members (excludes halogenated alkanes) is 1. The van der Waals surface area contributed by atoms with Crippen LogP contribution in [0, 0.1) is 0 Å². The van der Waals surface area contributed by atoms with E-state index < -0.39 is 5.91 Å². The first-order valence-corrected chi connectivity index (χ1v) is 8.11. The van der Waals surface area contributed by atoms with Crippen molar-refractivity contribution in [1.82, 2.24) is 25.5 Å². The van der Waals surface area contributed by atoms with Gasteiger partial charge in [0.1, 0.15) is 17.1 Å². The van der Waals surface area contributed by atoms with Gasteiger partial charge in [0.2, 0.25) is 0 Å². The predicted octanol–water partition coefficient (Wildman–Crippen LogP) is 1.62. The fraction of sp³-hybridized carbons (Fsp3) is 0.400. The number of nitrogens with one attached hydrogen (secondary N) is 2. The zero-order valence-electron chi connectivity index (χ0n) is 14.3. The third-order valence-electron chi connectivity index (χ3n) is 3.27. The second kappa shape index (κ2) is 8.92. The summed E-state index contributed by atoms with van der Waals surface area (Å²) in [5.74, 6) is 0.505. The number of hydrogen-bond donors (Lipinski definition) is 2. The van der Waals surface area contributed by atoms with Crippen LogP contribution in [0.3, 0.4) is 0 Å². The summed E-state index contributed by atoms with van der Waals surface area (Å²) in [4.78, 5) is 14.0. The van der Waals surface area contributed by atoms with Crippen molar-refractivity contribution in [1.29, 1.82) is 0 Å². The number of thiocarbonyl (C=S) groups is 1. The van der Waals surface area contributed by atoms with Gasteiger partial charge in [0, 0.05) is 0 Å². The number of tetrazole rings is 1. The molecule has 9 nitrogen and oxygen atoms in total. The van der Waals surface area contributed by atoms with E-state index in [9.17, 15) is 4.79 Å². The Hall–Kier alpha value is -2.75. The van der Waals surface area contributed by atoms with Crippen LogP contribution in [0.1, 0.15) is 30.1 Å². The fourth-order valence-electron chi connectivity index (χ4n) is 2.06. The molecule has 10 heteroatoms. The standard InChI is InChI=1S/C15H20N6O3S/c1-4-5-9-21-19-14(18-20-21)17-15(25)16-13(22)12-10(23-2)7-6-8-11(12)24-3/h6-8H,4-5,9H2,1-3H3,(H2,16,17,19,22,25). The summed E-state index contributed by atoms with van der Waals surface area (Å²) < 4.78 is 10.4. The lowest BCUT2D eigenvalue weighted by molar-refractivity contribution is 0.0971. The molecule has 0 aliphatic carbocycles. The van der Waals surface area contributed by atoms with E-state index in [1.54, 1.807) is 18.2 Å². The largest absolute Gasteiger partial charge is 0.496 e. The van der Waals surface area contributed by atoms with Gasteiger partial charge in [0.05, 0.1) is 20.8 Å². The van der Waals surface area contributed by atoms with Crippen molar-refractivity contribution in [3.63, 3.8) is 0 Å². The highest BCUT2D eigenvalue weighted by Crippen LogP contribution is 2.27. The number of anilines is 1. The summed E-state index contributed by atoms with van der Waals surface area (Å²) in [7, 11) is 2.95. The highest BCUT2D eigenvalue weighted by molar-refractivity contribution is 7.80. The molecular formula is C15H20N6O3S. The number of aromatic nitrogens is 4. The van der Waals surface area contributed by atoms with Crippen molar-refractivity contribution in [3.8, 4) is 11.5 Å². The first kappa shape index (κ1) is 18.6. The molecule has 0 bridgehead atoms. The average molecular weight is 364 g/mol. The number of hydrogen-bond acceptors (Lipinski definition) is 7. The van der Waals surface area contributed by atoms with Gasteiger partial charge in [-0.2, -0.15) is 4.80 Å². The summed E-state index contributed by atoms with van der Waals surface area (Å²) in [6.45, 7) is 2.75. The minimum absolute atomic E-state index is 0.0491. The molecule has 0 saturated carbocycles. The van der Waals surface area contributed by atoms with Gasteiger partial charge in [-0.05, 0) is 36.0 Å². The maximum absolute atomic E-state index is 12.5. The summed E-state index contributed by atoms with van der Waals surface area (Å²) in [5, 5.41) is 17.2. The number of carbonyl (C=O) groups is 1. The van der Waals surface area contributed by atoms with Crippen molar-refractivity contribution in [2.75, 3.05) is 19.5 Å². The molecule has 1 aromatic heterocycles. The van der Waals surface area contributed by atoms with Crippen LogP contribution >= 0.6 is 12.2 Å². The van der Waals surface area contributed by atoms with Crippen LogP contribution < -0.4 is 20.1 Å². The van der Waals surface area contributed by atoms with Gasteiger partial charge in [-0.25, -0.2) is 0 Å². The summed E-state index contributed by atoms with van der Waals surface area (Å²) in [6, 6.07) is 5.05. The van der Waals surface area contributed by atoms with Crippen molar-refractivity contribution >= 4 is 29.2 Å². The van der Waals surface area contributed by atoms with Crippen LogP contribution in [0.4, 0.5) is 5.95 Å². The van der Waals surface area contributed by atoms with Crippen LogP contribution in [0.15, 0.2) is 18.2 Å². The van der Waals surface area contributed by atoms with Crippen molar-refractivity contribution in [2.45, 2.75) is 26.3 Å². The van der Waals surface area contributed by atoms with E-state index in [-0.39, 0.29) is 16.6 Å². The van der Waals surface area contributed by atoms with Gasteiger partial charge >= 0.3 is 0 Å². The van der Waals surface area contributed by atoms with Crippen LogP contribution in [0.2, 0.25) is 0 Å². The number of methoxy groups -OCH3 is 2. The second-order valence-corrected chi connectivity index (χ2v) is 5.42. The Kier molecular flexibility index (Phi) is 6.63. The molecule has 0 aliphatic heterocycles. The molecule has 1 amide bonds. The predicted molar refractivity (Wildman–Crippen MR) is 96.0 cm³/mol. The topological polar surface area (TPSA) is 103 Å². The monoisotopic (exact) mass is 364 g/mol. The Labute approximate surface area is 150 Å². The molecule has 2 N–H and O–H groups in total. The zero-order chi connectivity index (χ0) is 18.2. The van der Waals surface area contributed by atoms with Gasteiger partial charge in [0.25, 0.3) is 11.9 Å². The number of amides is 1. The van der Waals surface area contributed by atoms with Crippen LogP contribution in [-0.2, 0) is 6.54 Å². The zero-order valence-corrected chi connectivity index (χ0v) is 15.1. The smallest absolute Gasteiger partial charge is 0.269 e. The van der Waals surface area contributed by atoms with E-state index >= 15 is 0 Å². The van der Waals surface area contributed by atoms with Crippen LogP contribution in [0.5, 0.6) is 11.5 Å². The molecule has 1 aromatic carbocycles. The maximum Gasteiger partial charge on any atom is 0.269 e. The molecule has 2 aromatic rings. The molecule has 0 atom stereocenters. The Bertz CT molecular complexity index is 726. The van der Waals surface area contributed by atoms with Gasteiger partial charge in [-0.3, -0.25) is 15.4 Å². The number of rotatable bonds is 7. The third-order valence-corrected chi connectivity index (χ3v) is 3.48. The number of aryl methyl sites for hydroxylation is 1. The Morgan fingerprint density at radius 3 is 2.56 bits per heavy atom. The maximum atomic E-state index is 12.5. The van der Waals surface area contributed by atoms with Crippen LogP contribution in [0.25, 0.3) is 0 Å². The minimum Gasteiger partial charge on any atom is -0.496 e. The molecule has 0 fully saturated rings. The lowest BCUT2D eigenvalue weighted by atomic mass is 10.1. The normalized spacial score (nSPS) is 10.2. The third kappa shape index (κ3) is 4.86. The van der Waals surface area contributed by atoms with Gasteiger partial charge in [0.15, 0.2) is 5.11 Å². The van der Waals surface area contributed by atoms with E-state index in [0.717, 1.165) is 12.8 Å². The van der Waals surface area contributed by atoms with Crippen molar-refractivity contribution < 1.29 is 14.3 Å². The molecule has 25 heavy (non-hydrogen) atoms. The quantitative estimate of drug-likeness (QED) is 0.715. The Morgan fingerprint density at radius 1 is 1.28 bits per heavy atom. The highest BCUT2D eigenvalue weighted by Gasteiger charge is 2.19. The number of carbonyl (C=O) groups excluding carboxylic acids is 1. The SMILES string of the molecule is CCCCn1nnc(NC(=S)NC(=O)c2c(OC)cccc2OC)n1.